The lowest BCUT2D eigenvalue weighted by Gasteiger charge is -2.05. The van der Waals surface area contributed by atoms with E-state index in [0.717, 1.165) is 4.47 Å². The smallest absolute Gasteiger partial charge is 0.343 e. The summed E-state index contributed by atoms with van der Waals surface area (Å²) in [4.78, 5) is 23.9. The maximum atomic E-state index is 12.1. The van der Waals surface area contributed by atoms with Crippen LogP contribution < -0.4 is 14.9 Å². The quantitative estimate of drug-likeness (QED) is 0.224. The second kappa shape index (κ2) is 10.6. The van der Waals surface area contributed by atoms with Gasteiger partial charge in [0.1, 0.15) is 11.5 Å². The van der Waals surface area contributed by atoms with Gasteiger partial charge in [-0.25, -0.2) is 10.2 Å². The van der Waals surface area contributed by atoms with E-state index in [4.69, 9.17) is 21.1 Å². The topological polar surface area (TPSA) is 77.0 Å². The predicted molar refractivity (Wildman–Crippen MR) is 118 cm³/mol. The van der Waals surface area contributed by atoms with Crippen molar-refractivity contribution in [3.05, 3.63) is 93.4 Å². The molecule has 0 bridgehead atoms. The van der Waals surface area contributed by atoms with Gasteiger partial charge in [0.25, 0.3) is 5.91 Å². The molecule has 0 radical (unpaired) electrons. The number of halogens is 2. The van der Waals surface area contributed by atoms with Crippen LogP contribution >= 0.6 is 27.5 Å². The first kappa shape index (κ1) is 21.5. The number of amides is 1. The van der Waals surface area contributed by atoms with E-state index in [1.165, 1.54) is 12.3 Å². The summed E-state index contributed by atoms with van der Waals surface area (Å²) >= 11 is 9.21. The Kier molecular flexibility index (Phi) is 7.59. The lowest BCUT2D eigenvalue weighted by Crippen LogP contribution is -2.24. The molecule has 3 aromatic carbocycles. The zero-order valence-corrected chi connectivity index (χ0v) is 17.9. The molecular weight excluding hydrogens is 472 g/mol. The molecule has 0 aliphatic carbocycles. The molecule has 0 atom stereocenters. The highest BCUT2D eigenvalue weighted by Crippen LogP contribution is 2.17. The Hall–Kier alpha value is -3.16. The lowest BCUT2D eigenvalue weighted by molar-refractivity contribution is -0.123. The maximum absolute atomic E-state index is 12.1. The van der Waals surface area contributed by atoms with Gasteiger partial charge in [0.15, 0.2) is 6.61 Å². The van der Waals surface area contributed by atoms with E-state index >= 15 is 0 Å². The van der Waals surface area contributed by atoms with Gasteiger partial charge in [-0.2, -0.15) is 5.10 Å². The lowest BCUT2D eigenvalue weighted by atomic mass is 10.2. The highest BCUT2D eigenvalue weighted by atomic mass is 79.9. The third kappa shape index (κ3) is 6.72. The molecule has 0 fully saturated rings. The van der Waals surface area contributed by atoms with Crippen molar-refractivity contribution >= 4 is 45.6 Å². The van der Waals surface area contributed by atoms with Crippen LogP contribution in [0.1, 0.15) is 15.9 Å². The summed E-state index contributed by atoms with van der Waals surface area (Å²) in [5.74, 6) is 0.0718. The second-order valence-corrected chi connectivity index (χ2v) is 7.36. The average molecular weight is 488 g/mol. The highest BCUT2D eigenvalue weighted by molar-refractivity contribution is 9.10. The van der Waals surface area contributed by atoms with Gasteiger partial charge in [-0.05, 0) is 72.3 Å². The maximum Gasteiger partial charge on any atom is 0.343 e. The average Bonchev–Trinajstić information content (AvgIpc) is 2.74. The molecule has 3 aromatic rings. The molecule has 6 nitrogen and oxygen atoms in total. The summed E-state index contributed by atoms with van der Waals surface area (Å²) in [5, 5.41) is 4.34. The minimum Gasteiger partial charge on any atom is -0.484 e. The third-order valence-electron chi connectivity index (χ3n) is 3.74. The van der Waals surface area contributed by atoms with E-state index in [9.17, 15) is 9.59 Å². The Morgan fingerprint density at radius 1 is 1.00 bits per heavy atom. The Bertz CT molecular complexity index is 1050. The van der Waals surface area contributed by atoms with E-state index in [1.807, 2.05) is 12.1 Å². The Balaban J connectivity index is 1.46. The number of carbonyl (C=O) groups is 2. The molecule has 0 spiro atoms. The van der Waals surface area contributed by atoms with E-state index < -0.39 is 5.97 Å². The zero-order chi connectivity index (χ0) is 21.3. The van der Waals surface area contributed by atoms with Crippen LogP contribution in [0.15, 0.2) is 82.4 Å². The fourth-order valence-corrected chi connectivity index (χ4v) is 2.75. The molecule has 0 heterocycles. The molecule has 30 heavy (non-hydrogen) atoms. The van der Waals surface area contributed by atoms with E-state index in [-0.39, 0.29) is 12.5 Å². The molecule has 0 aromatic heterocycles. The summed E-state index contributed by atoms with van der Waals surface area (Å²) in [7, 11) is 0. The fraction of sp³-hybridized carbons (Fsp3) is 0.0455. The number of carbonyl (C=O) groups excluding carboxylic acids is 2. The molecule has 152 valence electrons. The van der Waals surface area contributed by atoms with Gasteiger partial charge in [0, 0.05) is 9.50 Å². The summed E-state index contributed by atoms with van der Waals surface area (Å²) in [6.45, 7) is -0.155. The minimum atomic E-state index is -0.503. The third-order valence-corrected chi connectivity index (χ3v) is 4.50. The minimum absolute atomic E-state index is 0.155. The van der Waals surface area contributed by atoms with Gasteiger partial charge in [0.05, 0.1) is 11.8 Å². The zero-order valence-electron chi connectivity index (χ0n) is 15.5. The van der Waals surface area contributed by atoms with Gasteiger partial charge in [0.2, 0.25) is 0 Å². The molecule has 3 rings (SSSR count). The highest BCUT2D eigenvalue weighted by Gasteiger charge is 2.08. The van der Waals surface area contributed by atoms with Crippen molar-refractivity contribution in [2.24, 2.45) is 5.10 Å². The summed E-state index contributed by atoms with van der Waals surface area (Å²) < 4.78 is 11.6. The number of hydrazone groups is 1. The molecule has 0 aliphatic heterocycles. The number of hydrogen-bond donors (Lipinski definition) is 1. The first-order chi connectivity index (χ1) is 14.5. The SMILES string of the molecule is O=C(COc1ccc(Br)cc1)NN=Cc1ccc(OC(=O)c2cccc(Cl)c2)cc1. The molecule has 0 saturated carbocycles. The van der Waals surface area contributed by atoms with Crippen LogP contribution in [0.4, 0.5) is 0 Å². The molecule has 8 heteroatoms. The van der Waals surface area contributed by atoms with Crippen molar-refractivity contribution in [3.63, 3.8) is 0 Å². The van der Waals surface area contributed by atoms with Crippen LogP contribution in [0.25, 0.3) is 0 Å². The molecule has 0 unspecified atom stereocenters. The number of rotatable bonds is 7. The first-order valence-electron chi connectivity index (χ1n) is 8.78. The Morgan fingerprint density at radius 2 is 1.70 bits per heavy atom. The van der Waals surface area contributed by atoms with Crippen LogP contribution in [0.3, 0.4) is 0 Å². The number of hydrogen-bond acceptors (Lipinski definition) is 5. The van der Waals surface area contributed by atoms with Crippen LogP contribution in [0, 0.1) is 0 Å². The summed E-state index contributed by atoms with van der Waals surface area (Å²) in [6, 6.07) is 20.3. The second-order valence-electron chi connectivity index (χ2n) is 6.00. The van der Waals surface area contributed by atoms with Gasteiger partial charge >= 0.3 is 5.97 Å². The van der Waals surface area contributed by atoms with Gasteiger partial charge < -0.3 is 9.47 Å². The predicted octanol–water partition coefficient (Wildman–Crippen LogP) is 4.85. The molecule has 0 aliphatic rings. The van der Waals surface area contributed by atoms with Crippen molar-refractivity contribution in [2.75, 3.05) is 6.61 Å². The summed E-state index contributed by atoms with van der Waals surface area (Å²) in [6.07, 6.45) is 1.47. The standard InChI is InChI=1S/C22H16BrClN2O4/c23-17-6-10-19(11-7-17)29-14-21(27)26-25-13-15-4-8-20(9-5-15)30-22(28)16-2-1-3-18(24)12-16/h1-13H,14H2,(H,26,27). The van der Waals surface area contributed by atoms with Crippen LogP contribution in [0.2, 0.25) is 5.02 Å². The number of esters is 1. The fourth-order valence-electron chi connectivity index (χ4n) is 2.29. The van der Waals surface area contributed by atoms with Crippen molar-refractivity contribution in [1.82, 2.24) is 5.43 Å². The molecule has 1 N–H and O–H groups in total. The molecule has 0 saturated heterocycles. The normalized spacial score (nSPS) is 10.6. The number of nitrogens with zero attached hydrogens (tertiary/aromatic N) is 1. The summed E-state index contributed by atoms with van der Waals surface area (Å²) in [5.41, 5.74) is 3.46. The monoisotopic (exact) mass is 486 g/mol. The first-order valence-corrected chi connectivity index (χ1v) is 9.95. The Labute approximate surface area is 186 Å². The van der Waals surface area contributed by atoms with Gasteiger partial charge in [-0.3, -0.25) is 4.79 Å². The number of ether oxygens (including phenoxy) is 2. The van der Waals surface area contributed by atoms with Crippen LogP contribution in [-0.2, 0) is 4.79 Å². The van der Waals surface area contributed by atoms with E-state index in [2.05, 4.69) is 26.5 Å². The largest absolute Gasteiger partial charge is 0.484 e. The van der Waals surface area contributed by atoms with Crippen molar-refractivity contribution < 1.29 is 19.1 Å². The van der Waals surface area contributed by atoms with Crippen molar-refractivity contribution in [1.29, 1.82) is 0 Å². The Morgan fingerprint density at radius 3 is 2.40 bits per heavy atom. The number of benzene rings is 3. The van der Waals surface area contributed by atoms with Crippen molar-refractivity contribution in [3.8, 4) is 11.5 Å². The molecular formula is C22H16BrClN2O4. The van der Waals surface area contributed by atoms with Gasteiger partial charge in [-0.15, -0.1) is 0 Å². The van der Waals surface area contributed by atoms with Crippen LogP contribution in [0.5, 0.6) is 11.5 Å². The number of nitrogens with one attached hydrogen (secondary N) is 1. The van der Waals surface area contributed by atoms with Gasteiger partial charge in [-0.1, -0.05) is 33.6 Å². The molecule has 1 amide bonds. The van der Waals surface area contributed by atoms with Crippen molar-refractivity contribution in [2.45, 2.75) is 0 Å². The van der Waals surface area contributed by atoms with E-state index in [1.54, 1.807) is 54.6 Å². The van der Waals surface area contributed by atoms with Crippen LogP contribution in [-0.4, -0.2) is 24.7 Å². The van der Waals surface area contributed by atoms with E-state index in [0.29, 0.717) is 27.6 Å².